The summed E-state index contributed by atoms with van der Waals surface area (Å²) in [6.07, 6.45) is 0.945. The lowest BCUT2D eigenvalue weighted by Gasteiger charge is -2.16. The van der Waals surface area contributed by atoms with Gasteiger partial charge in [-0.1, -0.05) is 23.4 Å². The Hall–Kier alpha value is -2.34. The van der Waals surface area contributed by atoms with Crippen LogP contribution in [0.25, 0.3) is 0 Å². The summed E-state index contributed by atoms with van der Waals surface area (Å²) in [7, 11) is 0. The molecule has 1 aromatic heterocycles. The Kier molecular flexibility index (Phi) is 5.15. The van der Waals surface area contributed by atoms with Gasteiger partial charge in [0.2, 0.25) is 0 Å². The summed E-state index contributed by atoms with van der Waals surface area (Å²) < 4.78 is 10.7. The molecule has 1 saturated heterocycles. The first-order valence-corrected chi connectivity index (χ1v) is 8.23. The van der Waals surface area contributed by atoms with E-state index in [1.807, 2.05) is 44.2 Å². The first-order valence-electron chi connectivity index (χ1n) is 8.23. The number of carbonyl (C=O) groups excluding carboxylic acids is 1. The van der Waals surface area contributed by atoms with Crippen molar-refractivity contribution in [1.82, 2.24) is 15.4 Å². The lowest BCUT2D eigenvalue weighted by atomic mass is 10.2. The van der Waals surface area contributed by atoms with E-state index < -0.39 is 0 Å². The first kappa shape index (κ1) is 16.5. The van der Waals surface area contributed by atoms with Gasteiger partial charge in [-0.05, 0) is 32.4 Å². The van der Waals surface area contributed by atoms with E-state index in [4.69, 9.17) is 9.26 Å². The fraction of sp³-hybridized carbons (Fsp3) is 0.444. The standard InChI is InChI=1S/C18H23N3O3/c1-13-17(14(2)24-20-13)11-21-9-8-15(10-21)19-18(22)12-23-16-6-4-3-5-7-16/h3-7,15H,8-12H2,1-2H3,(H,19,22)/t15-/m0/s1. The summed E-state index contributed by atoms with van der Waals surface area (Å²) in [5.74, 6) is 1.50. The largest absolute Gasteiger partial charge is 0.484 e. The molecular weight excluding hydrogens is 306 g/mol. The van der Waals surface area contributed by atoms with E-state index in [1.165, 1.54) is 0 Å². The number of nitrogens with one attached hydrogen (secondary N) is 1. The van der Waals surface area contributed by atoms with Gasteiger partial charge in [-0.2, -0.15) is 0 Å². The van der Waals surface area contributed by atoms with Crippen molar-refractivity contribution in [3.8, 4) is 5.75 Å². The second kappa shape index (κ2) is 7.49. The van der Waals surface area contributed by atoms with E-state index in [0.29, 0.717) is 5.75 Å². The molecule has 0 spiro atoms. The average molecular weight is 329 g/mol. The maximum absolute atomic E-state index is 12.0. The topological polar surface area (TPSA) is 67.6 Å². The fourth-order valence-corrected chi connectivity index (χ4v) is 2.98. The number of aromatic nitrogens is 1. The van der Waals surface area contributed by atoms with Crippen molar-refractivity contribution in [3.63, 3.8) is 0 Å². The maximum atomic E-state index is 12.0. The summed E-state index contributed by atoms with van der Waals surface area (Å²) in [6.45, 7) is 6.54. The van der Waals surface area contributed by atoms with E-state index in [0.717, 1.165) is 43.1 Å². The molecule has 1 atom stereocenters. The van der Waals surface area contributed by atoms with Gasteiger partial charge in [0.1, 0.15) is 11.5 Å². The van der Waals surface area contributed by atoms with E-state index >= 15 is 0 Å². The van der Waals surface area contributed by atoms with Crippen LogP contribution in [0.3, 0.4) is 0 Å². The molecule has 2 heterocycles. The first-order chi connectivity index (χ1) is 11.6. The van der Waals surface area contributed by atoms with Gasteiger partial charge in [0.15, 0.2) is 6.61 Å². The molecule has 1 aliphatic rings. The van der Waals surface area contributed by atoms with Crippen LogP contribution in [-0.4, -0.2) is 41.7 Å². The molecule has 0 radical (unpaired) electrons. The number of aryl methyl sites for hydroxylation is 2. The number of ether oxygens (including phenoxy) is 1. The number of nitrogens with zero attached hydrogens (tertiary/aromatic N) is 2. The van der Waals surface area contributed by atoms with Gasteiger partial charge in [0.25, 0.3) is 5.91 Å². The summed E-state index contributed by atoms with van der Waals surface area (Å²) >= 11 is 0. The molecule has 6 heteroatoms. The molecule has 1 aliphatic heterocycles. The smallest absolute Gasteiger partial charge is 0.258 e. The second-order valence-corrected chi connectivity index (χ2v) is 6.19. The molecule has 1 fully saturated rings. The molecule has 6 nitrogen and oxygen atoms in total. The predicted molar refractivity (Wildman–Crippen MR) is 89.7 cm³/mol. The Morgan fingerprint density at radius 1 is 1.38 bits per heavy atom. The zero-order valence-electron chi connectivity index (χ0n) is 14.1. The van der Waals surface area contributed by atoms with E-state index in [9.17, 15) is 4.79 Å². The molecule has 1 N–H and O–H groups in total. The number of amides is 1. The van der Waals surface area contributed by atoms with Gasteiger partial charge in [-0.25, -0.2) is 0 Å². The highest BCUT2D eigenvalue weighted by Gasteiger charge is 2.25. The van der Waals surface area contributed by atoms with Crippen molar-refractivity contribution in [2.75, 3.05) is 19.7 Å². The van der Waals surface area contributed by atoms with Crippen LogP contribution in [0.1, 0.15) is 23.4 Å². The zero-order valence-corrected chi connectivity index (χ0v) is 14.1. The van der Waals surface area contributed by atoms with E-state index in [1.54, 1.807) is 0 Å². The van der Waals surface area contributed by atoms with Crippen molar-refractivity contribution < 1.29 is 14.1 Å². The molecule has 0 unspecified atom stereocenters. The number of hydrogen-bond acceptors (Lipinski definition) is 5. The average Bonchev–Trinajstić information content (AvgIpc) is 3.15. The van der Waals surface area contributed by atoms with Gasteiger partial charge < -0.3 is 14.6 Å². The van der Waals surface area contributed by atoms with Crippen LogP contribution in [0.4, 0.5) is 0 Å². The molecule has 128 valence electrons. The number of hydrogen-bond donors (Lipinski definition) is 1. The minimum Gasteiger partial charge on any atom is -0.484 e. The third-order valence-corrected chi connectivity index (χ3v) is 4.31. The summed E-state index contributed by atoms with van der Waals surface area (Å²) in [5, 5.41) is 7.03. The third kappa shape index (κ3) is 4.14. The zero-order chi connectivity index (χ0) is 16.9. The minimum atomic E-state index is -0.0805. The number of para-hydroxylation sites is 1. The Morgan fingerprint density at radius 2 is 2.17 bits per heavy atom. The third-order valence-electron chi connectivity index (χ3n) is 4.31. The van der Waals surface area contributed by atoms with E-state index in [-0.39, 0.29) is 18.6 Å². The summed E-state index contributed by atoms with van der Waals surface area (Å²) in [5.41, 5.74) is 2.09. The van der Waals surface area contributed by atoms with Crippen molar-refractivity contribution in [1.29, 1.82) is 0 Å². The SMILES string of the molecule is Cc1noc(C)c1CN1CC[C@H](NC(=O)COc2ccccc2)C1. The molecule has 2 aromatic rings. The molecular formula is C18H23N3O3. The fourth-order valence-electron chi connectivity index (χ4n) is 2.98. The second-order valence-electron chi connectivity index (χ2n) is 6.19. The van der Waals surface area contributed by atoms with Crippen molar-refractivity contribution in [2.24, 2.45) is 0 Å². The van der Waals surface area contributed by atoms with Gasteiger partial charge in [0.05, 0.1) is 5.69 Å². The molecule has 1 amide bonds. The van der Waals surface area contributed by atoms with Gasteiger partial charge in [-0.15, -0.1) is 0 Å². The number of rotatable bonds is 6. The van der Waals surface area contributed by atoms with Crippen LogP contribution in [0, 0.1) is 13.8 Å². The van der Waals surface area contributed by atoms with Crippen molar-refractivity contribution >= 4 is 5.91 Å². The molecule has 0 aliphatic carbocycles. The highest BCUT2D eigenvalue weighted by Crippen LogP contribution is 2.18. The van der Waals surface area contributed by atoms with Gasteiger partial charge >= 0.3 is 0 Å². The molecule has 3 rings (SSSR count). The Labute approximate surface area is 141 Å². The van der Waals surface area contributed by atoms with Crippen LogP contribution in [0.5, 0.6) is 5.75 Å². The Balaban J connectivity index is 1.43. The molecule has 1 aromatic carbocycles. The maximum Gasteiger partial charge on any atom is 0.258 e. The van der Waals surface area contributed by atoms with Crippen molar-refractivity contribution in [3.05, 3.63) is 47.3 Å². The monoisotopic (exact) mass is 329 g/mol. The quantitative estimate of drug-likeness (QED) is 0.879. The van der Waals surface area contributed by atoms with E-state index in [2.05, 4.69) is 15.4 Å². The number of benzene rings is 1. The summed E-state index contributed by atoms with van der Waals surface area (Å²) in [4.78, 5) is 14.3. The minimum absolute atomic E-state index is 0.0460. The van der Waals surface area contributed by atoms with Gasteiger partial charge in [-0.3, -0.25) is 9.69 Å². The Morgan fingerprint density at radius 3 is 2.88 bits per heavy atom. The number of likely N-dealkylation sites (tertiary alicyclic amines) is 1. The predicted octanol–water partition coefficient (Wildman–Crippen LogP) is 2.06. The van der Waals surface area contributed by atoms with Crippen LogP contribution < -0.4 is 10.1 Å². The lowest BCUT2D eigenvalue weighted by molar-refractivity contribution is -0.123. The number of carbonyl (C=O) groups is 1. The van der Waals surface area contributed by atoms with Gasteiger partial charge in [0, 0.05) is 31.2 Å². The highest BCUT2D eigenvalue weighted by molar-refractivity contribution is 5.77. The normalized spacial score (nSPS) is 17.8. The van der Waals surface area contributed by atoms with Crippen LogP contribution in [0.15, 0.2) is 34.9 Å². The van der Waals surface area contributed by atoms with Crippen molar-refractivity contribution in [2.45, 2.75) is 32.9 Å². The lowest BCUT2D eigenvalue weighted by Crippen LogP contribution is -2.39. The molecule has 24 heavy (non-hydrogen) atoms. The van der Waals surface area contributed by atoms with Crippen LogP contribution in [0.2, 0.25) is 0 Å². The molecule has 0 bridgehead atoms. The van der Waals surface area contributed by atoms with Crippen LogP contribution in [-0.2, 0) is 11.3 Å². The van der Waals surface area contributed by atoms with Crippen LogP contribution >= 0.6 is 0 Å². The Bertz CT molecular complexity index is 665. The molecule has 0 saturated carbocycles. The highest BCUT2D eigenvalue weighted by atomic mass is 16.5. The summed E-state index contributed by atoms with van der Waals surface area (Å²) in [6, 6.07) is 9.53.